The zero-order chi connectivity index (χ0) is 9.14. The van der Waals surface area contributed by atoms with Gasteiger partial charge in [0.25, 0.3) is 0 Å². The molecule has 0 amide bonds. The van der Waals surface area contributed by atoms with E-state index in [1.165, 1.54) is 6.92 Å². The Morgan fingerprint density at radius 3 is 2.83 bits per heavy atom. The lowest BCUT2D eigenvalue weighted by atomic mass is 10.3. The van der Waals surface area contributed by atoms with Crippen LogP contribution in [0, 0.1) is 6.92 Å². The van der Waals surface area contributed by atoms with Crippen molar-refractivity contribution >= 4 is 21.9 Å². The molecule has 0 aliphatic rings. The van der Waals surface area contributed by atoms with Gasteiger partial charge < -0.3 is 4.74 Å². The number of pyridine rings is 1. The molecule has 0 aromatic carbocycles. The lowest BCUT2D eigenvalue weighted by Gasteiger charge is -2.02. The van der Waals surface area contributed by atoms with Gasteiger partial charge in [-0.2, -0.15) is 0 Å². The minimum atomic E-state index is -0.368. The van der Waals surface area contributed by atoms with Crippen LogP contribution >= 0.6 is 15.9 Å². The highest BCUT2D eigenvalue weighted by molar-refractivity contribution is 9.10. The summed E-state index contributed by atoms with van der Waals surface area (Å²) in [5.41, 5.74) is 1.01. The molecule has 0 aliphatic heterocycles. The topological polar surface area (TPSA) is 39.2 Å². The largest absolute Gasteiger partial charge is 0.406 e. The Kier molecular flexibility index (Phi) is 2.81. The van der Waals surface area contributed by atoms with E-state index in [4.69, 9.17) is 4.74 Å². The molecule has 3 nitrogen and oxygen atoms in total. The number of ether oxygens (including phenoxy) is 1. The Labute approximate surface area is 78.9 Å². The summed E-state index contributed by atoms with van der Waals surface area (Å²) in [6, 6.07) is 1.84. The van der Waals surface area contributed by atoms with Gasteiger partial charge in [-0.25, -0.2) is 4.98 Å². The van der Waals surface area contributed by atoms with E-state index in [-0.39, 0.29) is 5.97 Å². The van der Waals surface area contributed by atoms with E-state index in [1.54, 1.807) is 6.20 Å². The number of aromatic nitrogens is 1. The Balaban J connectivity index is 2.93. The molecular formula is C8H8BrNO2. The number of esters is 1. The molecule has 1 heterocycles. The molecule has 0 aliphatic carbocycles. The second kappa shape index (κ2) is 3.67. The predicted octanol–water partition coefficient (Wildman–Crippen LogP) is 2.08. The van der Waals surface area contributed by atoms with Gasteiger partial charge in [-0.3, -0.25) is 4.79 Å². The summed E-state index contributed by atoms with van der Waals surface area (Å²) >= 11 is 3.24. The Bertz CT molecular complexity index is 312. The van der Waals surface area contributed by atoms with Crippen molar-refractivity contribution in [2.75, 3.05) is 0 Å². The fraction of sp³-hybridized carbons (Fsp3) is 0.250. The molecule has 1 aromatic rings. The average Bonchev–Trinajstić information content (AvgIpc) is 1.94. The second-order valence-corrected chi connectivity index (χ2v) is 3.25. The summed E-state index contributed by atoms with van der Waals surface area (Å²) < 4.78 is 5.50. The Morgan fingerprint density at radius 2 is 2.33 bits per heavy atom. The van der Waals surface area contributed by atoms with Gasteiger partial charge in [-0.15, -0.1) is 0 Å². The van der Waals surface area contributed by atoms with E-state index in [2.05, 4.69) is 20.9 Å². The molecule has 1 aromatic heterocycles. The molecule has 64 valence electrons. The van der Waals surface area contributed by atoms with E-state index in [1.807, 2.05) is 13.0 Å². The SMILES string of the molecule is CC(=O)Oc1ncc(C)cc1Br. The third kappa shape index (κ3) is 2.30. The van der Waals surface area contributed by atoms with Gasteiger partial charge in [-0.1, -0.05) is 0 Å². The number of hydrogen-bond acceptors (Lipinski definition) is 3. The summed E-state index contributed by atoms with van der Waals surface area (Å²) in [7, 11) is 0. The zero-order valence-corrected chi connectivity index (χ0v) is 8.38. The molecule has 0 saturated heterocycles. The first-order valence-electron chi connectivity index (χ1n) is 3.40. The zero-order valence-electron chi connectivity index (χ0n) is 6.80. The Hall–Kier alpha value is -0.900. The highest BCUT2D eigenvalue weighted by atomic mass is 79.9. The summed E-state index contributed by atoms with van der Waals surface area (Å²) in [6.45, 7) is 3.25. The van der Waals surface area contributed by atoms with E-state index < -0.39 is 0 Å². The second-order valence-electron chi connectivity index (χ2n) is 2.39. The van der Waals surface area contributed by atoms with E-state index in [9.17, 15) is 4.79 Å². The van der Waals surface area contributed by atoms with Gasteiger partial charge in [0.05, 0.1) is 4.47 Å². The van der Waals surface area contributed by atoms with Gasteiger partial charge in [-0.05, 0) is 34.5 Å². The number of carbonyl (C=O) groups excluding carboxylic acids is 1. The maximum Gasteiger partial charge on any atom is 0.309 e. The fourth-order valence-electron chi connectivity index (χ4n) is 0.732. The normalized spacial score (nSPS) is 9.58. The molecule has 0 bridgehead atoms. The van der Waals surface area contributed by atoms with Crippen LogP contribution in [0.25, 0.3) is 0 Å². The molecular weight excluding hydrogens is 222 g/mol. The highest BCUT2D eigenvalue weighted by Crippen LogP contribution is 2.22. The maximum absolute atomic E-state index is 10.6. The standard InChI is InChI=1S/C8H8BrNO2/c1-5-3-7(9)8(10-4-5)12-6(2)11/h3-4H,1-2H3. The van der Waals surface area contributed by atoms with E-state index in [0.717, 1.165) is 5.56 Å². The number of hydrogen-bond donors (Lipinski definition) is 0. The number of rotatable bonds is 1. The third-order valence-electron chi connectivity index (χ3n) is 1.18. The van der Waals surface area contributed by atoms with Crippen molar-refractivity contribution in [2.45, 2.75) is 13.8 Å². The van der Waals surface area contributed by atoms with Crippen molar-refractivity contribution in [2.24, 2.45) is 0 Å². The monoisotopic (exact) mass is 229 g/mol. The van der Waals surface area contributed by atoms with Crippen LogP contribution in [0.2, 0.25) is 0 Å². The lowest BCUT2D eigenvalue weighted by molar-refractivity contribution is -0.132. The molecule has 0 radical (unpaired) electrons. The van der Waals surface area contributed by atoms with Crippen LogP contribution < -0.4 is 4.74 Å². The van der Waals surface area contributed by atoms with Crippen LogP contribution in [0.15, 0.2) is 16.7 Å². The van der Waals surface area contributed by atoms with Crippen LogP contribution in [-0.2, 0) is 4.79 Å². The van der Waals surface area contributed by atoms with Crippen molar-refractivity contribution in [3.63, 3.8) is 0 Å². The van der Waals surface area contributed by atoms with Gasteiger partial charge in [0, 0.05) is 13.1 Å². The van der Waals surface area contributed by atoms with E-state index in [0.29, 0.717) is 10.4 Å². The Morgan fingerprint density at radius 1 is 1.67 bits per heavy atom. The van der Waals surface area contributed by atoms with Crippen LogP contribution in [0.4, 0.5) is 0 Å². The molecule has 0 fully saturated rings. The van der Waals surface area contributed by atoms with Crippen LogP contribution in [0.1, 0.15) is 12.5 Å². The summed E-state index contributed by atoms with van der Waals surface area (Å²) in [5.74, 6) is -0.0554. The van der Waals surface area contributed by atoms with Crippen molar-refractivity contribution in [1.82, 2.24) is 4.98 Å². The molecule has 0 unspecified atom stereocenters. The number of halogens is 1. The fourth-order valence-corrected chi connectivity index (χ4v) is 1.28. The first-order chi connectivity index (χ1) is 5.59. The first kappa shape index (κ1) is 9.19. The number of carbonyl (C=O) groups is 1. The van der Waals surface area contributed by atoms with Crippen LogP contribution in [0.5, 0.6) is 5.88 Å². The number of aryl methyl sites for hydroxylation is 1. The highest BCUT2D eigenvalue weighted by Gasteiger charge is 2.04. The molecule has 0 atom stereocenters. The van der Waals surface area contributed by atoms with Crippen LogP contribution in [-0.4, -0.2) is 11.0 Å². The van der Waals surface area contributed by atoms with Gasteiger partial charge in [0.1, 0.15) is 0 Å². The predicted molar refractivity (Wildman–Crippen MR) is 48.0 cm³/mol. The maximum atomic E-state index is 10.6. The van der Waals surface area contributed by atoms with Crippen molar-refractivity contribution in [3.8, 4) is 5.88 Å². The molecule has 0 saturated carbocycles. The molecule has 0 N–H and O–H groups in total. The average molecular weight is 230 g/mol. The van der Waals surface area contributed by atoms with Crippen molar-refractivity contribution in [1.29, 1.82) is 0 Å². The van der Waals surface area contributed by atoms with Gasteiger partial charge in [0.2, 0.25) is 5.88 Å². The lowest BCUT2D eigenvalue weighted by Crippen LogP contribution is -2.03. The van der Waals surface area contributed by atoms with Crippen LogP contribution in [0.3, 0.4) is 0 Å². The quantitative estimate of drug-likeness (QED) is 0.693. The van der Waals surface area contributed by atoms with E-state index >= 15 is 0 Å². The molecule has 0 spiro atoms. The van der Waals surface area contributed by atoms with Gasteiger partial charge in [0.15, 0.2) is 0 Å². The molecule has 1 rings (SSSR count). The minimum Gasteiger partial charge on any atom is -0.406 e. The van der Waals surface area contributed by atoms with Crippen molar-refractivity contribution in [3.05, 3.63) is 22.3 Å². The molecule has 12 heavy (non-hydrogen) atoms. The van der Waals surface area contributed by atoms with Gasteiger partial charge >= 0.3 is 5.97 Å². The molecule has 4 heteroatoms. The first-order valence-corrected chi connectivity index (χ1v) is 4.19. The smallest absolute Gasteiger partial charge is 0.309 e. The number of nitrogens with zero attached hydrogens (tertiary/aromatic N) is 1. The minimum absolute atomic E-state index is 0.313. The summed E-state index contributed by atoms with van der Waals surface area (Å²) in [4.78, 5) is 14.5. The van der Waals surface area contributed by atoms with Crippen molar-refractivity contribution < 1.29 is 9.53 Å². The third-order valence-corrected chi connectivity index (χ3v) is 1.75. The summed E-state index contributed by atoms with van der Waals surface area (Å²) in [6.07, 6.45) is 1.64. The summed E-state index contributed by atoms with van der Waals surface area (Å²) in [5, 5.41) is 0.